The van der Waals surface area contributed by atoms with Crippen molar-refractivity contribution in [1.29, 1.82) is 0 Å². The molecule has 2 N–H and O–H groups in total. The fourth-order valence-electron chi connectivity index (χ4n) is 2.09. The van der Waals surface area contributed by atoms with Crippen molar-refractivity contribution < 1.29 is 0 Å². The SMILES string of the molecule is CN(C)c1n[nH]c(CNCc2ccc3c(c2)nnn3C)n1. The molecule has 0 saturated heterocycles. The second kappa shape index (κ2) is 5.49. The number of rotatable bonds is 5. The van der Waals surface area contributed by atoms with Gasteiger partial charge in [-0.1, -0.05) is 11.3 Å². The number of aromatic amines is 1. The molecule has 0 aliphatic rings. The van der Waals surface area contributed by atoms with Crippen molar-refractivity contribution in [3.05, 3.63) is 29.6 Å². The number of H-pyrrole nitrogens is 1. The second-order valence-corrected chi connectivity index (χ2v) is 5.12. The highest BCUT2D eigenvalue weighted by atomic mass is 15.4. The molecular weight excluding hydrogens is 268 g/mol. The van der Waals surface area contributed by atoms with Gasteiger partial charge in [-0.2, -0.15) is 4.98 Å². The zero-order valence-corrected chi connectivity index (χ0v) is 12.3. The van der Waals surface area contributed by atoms with E-state index in [1.165, 1.54) is 0 Å². The Morgan fingerprint density at radius 2 is 2.14 bits per heavy atom. The highest BCUT2D eigenvalue weighted by molar-refractivity contribution is 5.74. The van der Waals surface area contributed by atoms with Crippen LogP contribution in [0.5, 0.6) is 0 Å². The summed E-state index contributed by atoms with van der Waals surface area (Å²) < 4.78 is 1.77. The predicted octanol–water partition coefficient (Wildman–Crippen LogP) is 0.442. The van der Waals surface area contributed by atoms with E-state index in [-0.39, 0.29) is 0 Å². The number of nitrogens with one attached hydrogen (secondary N) is 2. The van der Waals surface area contributed by atoms with Crippen molar-refractivity contribution in [3.8, 4) is 0 Å². The lowest BCUT2D eigenvalue weighted by atomic mass is 10.2. The van der Waals surface area contributed by atoms with Crippen molar-refractivity contribution in [2.24, 2.45) is 7.05 Å². The Hall–Kier alpha value is -2.48. The van der Waals surface area contributed by atoms with Crippen LogP contribution in [-0.4, -0.2) is 44.3 Å². The smallest absolute Gasteiger partial charge is 0.244 e. The van der Waals surface area contributed by atoms with E-state index in [2.05, 4.69) is 36.9 Å². The number of anilines is 1. The van der Waals surface area contributed by atoms with Crippen LogP contribution in [0.1, 0.15) is 11.4 Å². The summed E-state index contributed by atoms with van der Waals surface area (Å²) in [4.78, 5) is 6.23. The van der Waals surface area contributed by atoms with Gasteiger partial charge in [-0.25, -0.2) is 4.68 Å². The fourth-order valence-corrected chi connectivity index (χ4v) is 2.09. The van der Waals surface area contributed by atoms with Crippen LogP contribution in [0.4, 0.5) is 5.95 Å². The van der Waals surface area contributed by atoms with Gasteiger partial charge in [-0.05, 0) is 17.7 Å². The van der Waals surface area contributed by atoms with E-state index in [0.717, 1.165) is 29.0 Å². The van der Waals surface area contributed by atoms with Crippen molar-refractivity contribution in [2.75, 3.05) is 19.0 Å². The van der Waals surface area contributed by atoms with Gasteiger partial charge in [0.15, 0.2) is 0 Å². The van der Waals surface area contributed by atoms with E-state index in [9.17, 15) is 0 Å². The maximum absolute atomic E-state index is 4.37. The van der Waals surface area contributed by atoms with Gasteiger partial charge in [-0.15, -0.1) is 10.2 Å². The summed E-state index contributed by atoms with van der Waals surface area (Å²) in [6, 6.07) is 6.15. The third-order valence-corrected chi connectivity index (χ3v) is 3.22. The molecule has 0 bridgehead atoms. The number of hydrogen-bond acceptors (Lipinski definition) is 6. The topological polar surface area (TPSA) is 87.5 Å². The maximum Gasteiger partial charge on any atom is 0.244 e. The molecule has 2 aromatic heterocycles. The van der Waals surface area contributed by atoms with Gasteiger partial charge in [-0.3, -0.25) is 5.10 Å². The van der Waals surface area contributed by atoms with Crippen molar-refractivity contribution in [2.45, 2.75) is 13.1 Å². The van der Waals surface area contributed by atoms with Crippen LogP contribution in [0.15, 0.2) is 18.2 Å². The van der Waals surface area contributed by atoms with E-state index in [1.54, 1.807) is 4.68 Å². The maximum atomic E-state index is 4.37. The molecule has 0 fully saturated rings. The quantitative estimate of drug-likeness (QED) is 0.708. The molecule has 3 rings (SSSR count). The summed E-state index contributed by atoms with van der Waals surface area (Å²) in [7, 11) is 5.71. The highest BCUT2D eigenvalue weighted by Crippen LogP contribution is 2.12. The number of hydrogen-bond donors (Lipinski definition) is 2. The molecule has 0 amide bonds. The van der Waals surface area contributed by atoms with Crippen LogP contribution >= 0.6 is 0 Å². The molecule has 0 unspecified atom stereocenters. The lowest BCUT2D eigenvalue weighted by Crippen LogP contribution is -2.14. The minimum atomic E-state index is 0.638. The summed E-state index contributed by atoms with van der Waals surface area (Å²) >= 11 is 0. The number of aryl methyl sites for hydroxylation is 1. The molecule has 2 heterocycles. The molecule has 0 atom stereocenters. The molecule has 0 radical (unpaired) electrons. The van der Waals surface area contributed by atoms with Crippen LogP contribution in [0.3, 0.4) is 0 Å². The number of nitrogens with zero attached hydrogens (tertiary/aromatic N) is 6. The Kier molecular flexibility index (Phi) is 3.53. The van der Waals surface area contributed by atoms with Crippen LogP contribution in [0, 0.1) is 0 Å². The highest BCUT2D eigenvalue weighted by Gasteiger charge is 2.05. The molecule has 8 heteroatoms. The van der Waals surface area contributed by atoms with Gasteiger partial charge in [0.25, 0.3) is 0 Å². The first-order valence-corrected chi connectivity index (χ1v) is 6.71. The summed E-state index contributed by atoms with van der Waals surface area (Å²) in [6.07, 6.45) is 0. The Morgan fingerprint density at radius 3 is 2.90 bits per heavy atom. The van der Waals surface area contributed by atoms with E-state index >= 15 is 0 Å². The van der Waals surface area contributed by atoms with Gasteiger partial charge in [0.05, 0.1) is 12.1 Å². The first kappa shape index (κ1) is 13.5. The van der Waals surface area contributed by atoms with E-state index in [4.69, 9.17) is 0 Å². The van der Waals surface area contributed by atoms with Gasteiger partial charge < -0.3 is 10.2 Å². The second-order valence-electron chi connectivity index (χ2n) is 5.12. The largest absolute Gasteiger partial charge is 0.346 e. The Balaban J connectivity index is 1.60. The Morgan fingerprint density at radius 1 is 1.29 bits per heavy atom. The minimum Gasteiger partial charge on any atom is -0.346 e. The Bertz CT molecular complexity index is 742. The van der Waals surface area contributed by atoms with Crippen LogP contribution in [-0.2, 0) is 20.1 Å². The number of fused-ring (bicyclic) bond motifs is 1. The minimum absolute atomic E-state index is 0.638. The standard InChI is InChI=1S/C13H18N8/c1-20(2)13-15-12(17-18-13)8-14-7-9-4-5-11-10(6-9)16-19-21(11)3/h4-6,14H,7-8H2,1-3H3,(H,15,17,18). The average Bonchev–Trinajstić information content (AvgIpc) is 3.07. The van der Waals surface area contributed by atoms with Gasteiger partial charge >= 0.3 is 0 Å². The molecule has 1 aromatic carbocycles. The molecule has 0 spiro atoms. The first-order valence-electron chi connectivity index (χ1n) is 6.71. The lowest BCUT2D eigenvalue weighted by Gasteiger charge is -2.04. The predicted molar refractivity (Wildman–Crippen MR) is 79.8 cm³/mol. The van der Waals surface area contributed by atoms with Crippen LogP contribution < -0.4 is 10.2 Å². The summed E-state index contributed by atoms with van der Waals surface area (Å²) in [5, 5.41) is 18.5. The molecule has 0 saturated carbocycles. The molecule has 8 nitrogen and oxygen atoms in total. The molecule has 0 aliphatic heterocycles. The summed E-state index contributed by atoms with van der Waals surface area (Å²) in [5.41, 5.74) is 3.10. The van der Waals surface area contributed by atoms with Crippen molar-refractivity contribution >= 4 is 17.0 Å². The van der Waals surface area contributed by atoms with Gasteiger partial charge in [0.2, 0.25) is 5.95 Å². The molecule has 110 valence electrons. The van der Waals surface area contributed by atoms with Gasteiger partial charge in [0, 0.05) is 27.7 Å². The molecule has 3 aromatic rings. The lowest BCUT2D eigenvalue weighted by molar-refractivity contribution is 0.665. The monoisotopic (exact) mass is 286 g/mol. The average molecular weight is 286 g/mol. The zero-order valence-electron chi connectivity index (χ0n) is 12.3. The Labute approximate surface area is 122 Å². The zero-order chi connectivity index (χ0) is 14.8. The van der Waals surface area contributed by atoms with Crippen LogP contribution in [0.2, 0.25) is 0 Å². The van der Waals surface area contributed by atoms with E-state index in [1.807, 2.05) is 38.2 Å². The van der Waals surface area contributed by atoms with E-state index < -0.39 is 0 Å². The van der Waals surface area contributed by atoms with Crippen LogP contribution in [0.25, 0.3) is 11.0 Å². The fraction of sp³-hybridized carbons (Fsp3) is 0.385. The number of aromatic nitrogens is 6. The summed E-state index contributed by atoms with van der Waals surface area (Å²) in [6.45, 7) is 1.38. The molecular formula is C13H18N8. The molecule has 0 aliphatic carbocycles. The van der Waals surface area contributed by atoms with E-state index in [0.29, 0.717) is 12.5 Å². The summed E-state index contributed by atoms with van der Waals surface area (Å²) in [5.74, 6) is 1.51. The first-order chi connectivity index (χ1) is 10.1. The van der Waals surface area contributed by atoms with Gasteiger partial charge in [0.1, 0.15) is 11.3 Å². The normalized spacial score (nSPS) is 11.2. The third kappa shape index (κ3) is 2.84. The third-order valence-electron chi connectivity index (χ3n) is 3.22. The molecule has 21 heavy (non-hydrogen) atoms. The van der Waals surface area contributed by atoms with Crippen molar-refractivity contribution in [1.82, 2.24) is 35.5 Å². The van der Waals surface area contributed by atoms with Crippen molar-refractivity contribution in [3.63, 3.8) is 0 Å². The number of benzene rings is 1.